The first kappa shape index (κ1) is 87.1. The number of rotatable bonds is 69. The van der Waals surface area contributed by atoms with E-state index in [2.05, 4.69) is 41.5 Å². The van der Waals surface area contributed by atoms with Crippen LogP contribution in [0.4, 0.5) is 0 Å². The average molecular weight is 1310 g/mol. The standard InChI is InChI=1S/C70H136O17P2/c1-7-10-12-14-16-18-20-22-23-24-25-27-29-34-42-48-54-69(74)86-65(58-80-67(72)52-46-40-33-28-26-21-19-17-15-13-11-8-2)60-84-88(76,77)82-56-64(71)57-83-89(78,79)85-61-66(59-81-68(73)53-47-41-37-36-39-45-51-63(6)9-3)87-70(75)55-49-43-35-31-30-32-38-44-50-62(4)5/h62-66,71H,7-61H2,1-6H3,(H,76,77)(H,78,79)/t63?,64-,65-,66-/m1/s1. The number of aliphatic hydroxyl groups excluding tert-OH is 1. The quantitative estimate of drug-likeness (QED) is 0.0222. The second kappa shape index (κ2) is 62.2. The molecule has 3 unspecified atom stereocenters. The van der Waals surface area contributed by atoms with Gasteiger partial charge in [0.05, 0.1) is 26.4 Å². The molecule has 528 valence electrons. The van der Waals surface area contributed by atoms with Gasteiger partial charge in [0.15, 0.2) is 12.2 Å². The molecule has 0 spiro atoms. The summed E-state index contributed by atoms with van der Waals surface area (Å²) >= 11 is 0. The van der Waals surface area contributed by atoms with Crippen LogP contribution in [0.3, 0.4) is 0 Å². The van der Waals surface area contributed by atoms with E-state index in [1.54, 1.807) is 0 Å². The van der Waals surface area contributed by atoms with E-state index < -0.39 is 97.5 Å². The molecule has 0 saturated carbocycles. The van der Waals surface area contributed by atoms with Crippen molar-refractivity contribution in [2.75, 3.05) is 39.6 Å². The van der Waals surface area contributed by atoms with E-state index in [0.717, 1.165) is 108 Å². The molecule has 0 heterocycles. The van der Waals surface area contributed by atoms with Gasteiger partial charge in [0, 0.05) is 25.7 Å². The predicted octanol–water partition coefficient (Wildman–Crippen LogP) is 20.0. The fourth-order valence-corrected chi connectivity index (χ4v) is 12.1. The fraction of sp³-hybridized carbons (Fsp3) is 0.943. The van der Waals surface area contributed by atoms with Crippen LogP contribution < -0.4 is 0 Å². The van der Waals surface area contributed by atoms with E-state index in [1.807, 2.05) is 0 Å². The molecule has 0 bridgehead atoms. The number of carbonyl (C=O) groups excluding carboxylic acids is 4. The van der Waals surface area contributed by atoms with Gasteiger partial charge in [-0.3, -0.25) is 37.3 Å². The third-order valence-electron chi connectivity index (χ3n) is 16.6. The maximum Gasteiger partial charge on any atom is 0.472 e. The van der Waals surface area contributed by atoms with Crippen molar-refractivity contribution in [2.45, 2.75) is 374 Å². The number of aliphatic hydroxyl groups is 1. The average Bonchev–Trinajstić information content (AvgIpc) is 3.70. The van der Waals surface area contributed by atoms with Gasteiger partial charge in [-0.05, 0) is 37.5 Å². The summed E-state index contributed by atoms with van der Waals surface area (Å²) in [6.07, 6.45) is 47.2. The summed E-state index contributed by atoms with van der Waals surface area (Å²) in [6, 6.07) is 0. The number of carbonyl (C=O) groups is 4. The molecule has 0 saturated heterocycles. The first-order valence-corrected chi connectivity index (χ1v) is 39.5. The number of hydrogen-bond donors (Lipinski definition) is 3. The summed E-state index contributed by atoms with van der Waals surface area (Å²) in [4.78, 5) is 72.5. The minimum Gasteiger partial charge on any atom is -0.462 e. The summed E-state index contributed by atoms with van der Waals surface area (Å²) in [5.41, 5.74) is 0. The zero-order chi connectivity index (χ0) is 65.7. The molecule has 0 fully saturated rings. The first-order valence-electron chi connectivity index (χ1n) is 36.5. The van der Waals surface area contributed by atoms with Crippen molar-refractivity contribution < 1.29 is 80.2 Å². The molecule has 0 aliphatic heterocycles. The lowest BCUT2D eigenvalue weighted by atomic mass is 10.00. The van der Waals surface area contributed by atoms with Crippen LogP contribution in [0.2, 0.25) is 0 Å². The molecule has 0 aromatic rings. The van der Waals surface area contributed by atoms with E-state index in [1.165, 1.54) is 167 Å². The number of hydrogen-bond acceptors (Lipinski definition) is 15. The number of ether oxygens (including phenoxy) is 4. The largest absolute Gasteiger partial charge is 0.472 e. The van der Waals surface area contributed by atoms with E-state index >= 15 is 0 Å². The molecule has 0 rings (SSSR count). The predicted molar refractivity (Wildman–Crippen MR) is 358 cm³/mol. The molecule has 19 heteroatoms. The summed E-state index contributed by atoms with van der Waals surface area (Å²) in [7, 11) is -9.90. The lowest BCUT2D eigenvalue weighted by molar-refractivity contribution is -0.161. The molecule has 89 heavy (non-hydrogen) atoms. The van der Waals surface area contributed by atoms with Gasteiger partial charge in [-0.1, -0.05) is 305 Å². The zero-order valence-corrected chi connectivity index (χ0v) is 59.5. The van der Waals surface area contributed by atoms with Crippen LogP contribution in [-0.4, -0.2) is 96.7 Å². The van der Waals surface area contributed by atoms with E-state index in [9.17, 15) is 43.2 Å². The highest BCUT2D eigenvalue weighted by Gasteiger charge is 2.30. The molecule has 3 N–H and O–H groups in total. The topological polar surface area (TPSA) is 237 Å². The van der Waals surface area contributed by atoms with Crippen molar-refractivity contribution >= 4 is 39.5 Å². The first-order chi connectivity index (χ1) is 42.9. The minimum absolute atomic E-state index is 0.104. The molecular formula is C70H136O17P2. The monoisotopic (exact) mass is 1310 g/mol. The number of phosphoric ester groups is 2. The second-order valence-corrected chi connectivity index (χ2v) is 28.9. The lowest BCUT2D eigenvalue weighted by Crippen LogP contribution is -2.30. The molecule has 6 atom stereocenters. The van der Waals surface area contributed by atoms with Crippen LogP contribution in [0.25, 0.3) is 0 Å². The van der Waals surface area contributed by atoms with Gasteiger partial charge in [-0.2, -0.15) is 0 Å². The van der Waals surface area contributed by atoms with Crippen LogP contribution in [0, 0.1) is 11.8 Å². The van der Waals surface area contributed by atoms with Crippen molar-refractivity contribution in [2.24, 2.45) is 11.8 Å². The van der Waals surface area contributed by atoms with Crippen LogP contribution in [0.5, 0.6) is 0 Å². The highest BCUT2D eigenvalue weighted by atomic mass is 31.2. The minimum atomic E-state index is -4.95. The van der Waals surface area contributed by atoms with Crippen molar-refractivity contribution in [3.8, 4) is 0 Å². The lowest BCUT2D eigenvalue weighted by Gasteiger charge is -2.21. The Labute approximate surface area is 543 Å². The normalized spacial score (nSPS) is 14.4. The third-order valence-corrected chi connectivity index (χ3v) is 18.5. The Morgan fingerprint density at radius 3 is 0.854 bits per heavy atom. The molecule has 0 aromatic carbocycles. The second-order valence-electron chi connectivity index (χ2n) is 26.0. The van der Waals surface area contributed by atoms with Gasteiger partial charge in [-0.25, -0.2) is 9.13 Å². The smallest absolute Gasteiger partial charge is 0.462 e. The van der Waals surface area contributed by atoms with Crippen molar-refractivity contribution in [3.05, 3.63) is 0 Å². The SMILES string of the molecule is CCCCCCCCCCCCCCCCCCC(=O)O[C@H](COC(=O)CCCCCCCCCCCCCC)COP(=O)(O)OC[C@@H](O)COP(=O)(O)OC[C@@H](COC(=O)CCCCCCCCC(C)CC)OC(=O)CCCCCCCCCCC(C)C. The van der Waals surface area contributed by atoms with Gasteiger partial charge < -0.3 is 33.8 Å². The van der Waals surface area contributed by atoms with Gasteiger partial charge >= 0.3 is 39.5 Å². The molecular weight excluding hydrogens is 1170 g/mol. The Morgan fingerprint density at radius 2 is 0.573 bits per heavy atom. The Bertz CT molecular complexity index is 1740. The Hall–Kier alpha value is -1.94. The fourth-order valence-electron chi connectivity index (χ4n) is 10.6. The van der Waals surface area contributed by atoms with Gasteiger partial charge in [0.2, 0.25) is 0 Å². The highest BCUT2D eigenvalue weighted by molar-refractivity contribution is 7.47. The van der Waals surface area contributed by atoms with Crippen LogP contribution in [0.15, 0.2) is 0 Å². The Morgan fingerprint density at radius 1 is 0.326 bits per heavy atom. The van der Waals surface area contributed by atoms with Crippen LogP contribution in [0.1, 0.15) is 356 Å². The summed E-state index contributed by atoms with van der Waals surface area (Å²) in [6.45, 7) is 9.47. The number of unbranched alkanes of at least 4 members (excludes halogenated alkanes) is 38. The van der Waals surface area contributed by atoms with E-state index in [0.29, 0.717) is 25.7 Å². The van der Waals surface area contributed by atoms with Gasteiger partial charge in [0.1, 0.15) is 19.3 Å². The zero-order valence-electron chi connectivity index (χ0n) is 57.7. The van der Waals surface area contributed by atoms with E-state index in [4.69, 9.17) is 37.0 Å². The molecule has 17 nitrogen and oxygen atoms in total. The molecule has 0 aromatic heterocycles. The summed E-state index contributed by atoms with van der Waals surface area (Å²) < 4.78 is 68.3. The van der Waals surface area contributed by atoms with Gasteiger partial charge in [-0.15, -0.1) is 0 Å². The highest BCUT2D eigenvalue weighted by Crippen LogP contribution is 2.45. The molecule has 0 aliphatic rings. The number of phosphoric acid groups is 2. The van der Waals surface area contributed by atoms with E-state index in [-0.39, 0.29) is 25.7 Å². The number of esters is 4. The maximum absolute atomic E-state index is 13.0. The maximum atomic E-state index is 13.0. The molecule has 0 aliphatic carbocycles. The van der Waals surface area contributed by atoms with Crippen molar-refractivity contribution in [3.63, 3.8) is 0 Å². The van der Waals surface area contributed by atoms with Crippen LogP contribution >= 0.6 is 15.6 Å². The Balaban J connectivity index is 5.24. The summed E-state index contributed by atoms with van der Waals surface area (Å²) in [5, 5.41) is 10.6. The molecule has 0 amide bonds. The van der Waals surface area contributed by atoms with Crippen molar-refractivity contribution in [1.29, 1.82) is 0 Å². The molecule has 0 radical (unpaired) electrons. The van der Waals surface area contributed by atoms with Gasteiger partial charge in [0.25, 0.3) is 0 Å². The van der Waals surface area contributed by atoms with Crippen LogP contribution in [-0.2, 0) is 65.4 Å². The van der Waals surface area contributed by atoms with Crippen molar-refractivity contribution in [1.82, 2.24) is 0 Å². The third kappa shape index (κ3) is 63.2. The summed E-state index contributed by atoms with van der Waals surface area (Å²) in [5.74, 6) is -0.676. The Kier molecular flexibility index (Phi) is 60.8.